The molecule has 1 saturated heterocycles. The van der Waals surface area contributed by atoms with E-state index in [9.17, 15) is 19.2 Å². The Morgan fingerprint density at radius 1 is 1.00 bits per heavy atom. The van der Waals surface area contributed by atoms with Crippen molar-refractivity contribution in [3.05, 3.63) is 58.3 Å². The molecule has 0 atom stereocenters. The summed E-state index contributed by atoms with van der Waals surface area (Å²) in [6, 6.07) is 10.0. The summed E-state index contributed by atoms with van der Waals surface area (Å²) in [5, 5.41) is 3.82. The van der Waals surface area contributed by atoms with Gasteiger partial charge in [0.15, 0.2) is 0 Å². The second-order valence-corrected chi connectivity index (χ2v) is 6.71. The second kappa shape index (κ2) is 7.49. The average molecular weight is 371 g/mol. The van der Waals surface area contributed by atoms with Crippen LogP contribution in [-0.2, 0) is 27.5 Å². The zero-order valence-corrected chi connectivity index (χ0v) is 14.9. The summed E-state index contributed by atoms with van der Waals surface area (Å²) in [5.74, 6) is -2.29. The first-order chi connectivity index (χ1) is 12.5. The van der Waals surface area contributed by atoms with Gasteiger partial charge in [0.05, 0.1) is 6.54 Å². The lowest BCUT2D eigenvalue weighted by Gasteiger charge is -2.20. The van der Waals surface area contributed by atoms with Crippen LogP contribution in [0.1, 0.15) is 11.1 Å². The number of nitrogens with zero attached hydrogens (tertiary/aromatic N) is 3. The third-order valence-electron chi connectivity index (χ3n) is 4.04. The van der Waals surface area contributed by atoms with Crippen molar-refractivity contribution in [2.24, 2.45) is 0 Å². The third kappa shape index (κ3) is 3.65. The lowest BCUT2D eigenvalue weighted by molar-refractivity contribution is -0.145. The molecular weight excluding hydrogens is 354 g/mol. The highest BCUT2D eigenvalue weighted by atomic mass is 32.1. The summed E-state index contributed by atoms with van der Waals surface area (Å²) < 4.78 is 0. The van der Waals surface area contributed by atoms with E-state index in [0.717, 1.165) is 16.0 Å². The molecule has 0 unspecified atom stereocenters. The van der Waals surface area contributed by atoms with E-state index in [1.807, 2.05) is 22.9 Å². The molecule has 1 aliphatic heterocycles. The summed E-state index contributed by atoms with van der Waals surface area (Å²) in [6.45, 7) is -0.0742. The number of likely N-dealkylation sites (N-methyl/N-ethyl adjacent to an activating group) is 1. The number of hydrogen-bond donors (Lipinski definition) is 0. The summed E-state index contributed by atoms with van der Waals surface area (Å²) in [5.41, 5.74) is 1.69. The Bertz CT molecular complexity index is 835. The van der Waals surface area contributed by atoms with Gasteiger partial charge in [0, 0.05) is 13.6 Å². The van der Waals surface area contributed by atoms with E-state index >= 15 is 0 Å². The normalized spacial score (nSPS) is 14.3. The SMILES string of the molecule is CN(Cc1ccsc1)C(=O)CN1C(=O)C(=O)N(Cc2ccccc2)C1=O. The van der Waals surface area contributed by atoms with Crippen LogP contribution in [-0.4, -0.2) is 52.0 Å². The predicted octanol–water partition coefficient (Wildman–Crippen LogP) is 1.70. The van der Waals surface area contributed by atoms with Crippen LogP contribution in [0.4, 0.5) is 4.79 Å². The van der Waals surface area contributed by atoms with Gasteiger partial charge in [0.2, 0.25) is 5.91 Å². The Labute approximate surface area is 154 Å². The molecule has 26 heavy (non-hydrogen) atoms. The molecule has 2 heterocycles. The first kappa shape index (κ1) is 17.8. The lowest BCUT2D eigenvalue weighted by atomic mass is 10.2. The number of urea groups is 1. The van der Waals surface area contributed by atoms with Crippen LogP contribution in [0.15, 0.2) is 47.2 Å². The summed E-state index contributed by atoms with van der Waals surface area (Å²) in [4.78, 5) is 52.0. The number of thiophene rings is 1. The molecule has 1 aliphatic rings. The van der Waals surface area contributed by atoms with Crippen LogP contribution in [0.5, 0.6) is 0 Å². The molecule has 1 fully saturated rings. The molecule has 1 aromatic carbocycles. The van der Waals surface area contributed by atoms with Crippen LogP contribution in [0, 0.1) is 0 Å². The van der Waals surface area contributed by atoms with Crippen LogP contribution in [0.25, 0.3) is 0 Å². The maximum atomic E-state index is 12.4. The molecule has 0 saturated carbocycles. The third-order valence-corrected chi connectivity index (χ3v) is 4.77. The van der Waals surface area contributed by atoms with Crippen molar-refractivity contribution < 1.29 is 19.2 Å². The Hall–Kier alpha value is -3.00. The minimum atomic E-state index is -0.969. The summed E-state index contributed by atoms with van der Waals surface area (Å²) in [7, 11) is 1.59. The topological polar surface area (TPSA) is 78.0 Å². The Kier molecular flexibility index (Phi) is 5.13. The van der Waals surface area contributed by atoms with Crippen LogP contribution in [0.2, 0.25) is 0 Å². The number of carbonyl (C=O) groups is 4. The highest BCUT2D eigenvalue weighted by Gasteiger charge is 2.45. The Morgan fingerprint density at radius 3 is 2.35 bits per heavy atom. The molecule has 0 bridgehead atoms. The fraction of sp³-hybridized carbons (Fsp3) is 0.222. The molecule has 0 radical (unpaired) electrons. The number of amides is 5. The van der Waals surface area contributed by atoms with Crippen molar-refractivity contribution in [1.29, 1.82) is 0 Å². The molecule has 7 nitrogen and oxygen atoms in total. The van der Waals surface area contributed by atoms with Gasteiger partial charge in [-0.3, -0.25) is 19.3 Å². The van der Waals surface area contributed by atoms with Crippen molar-refractivity contribution in [2.45, 2.75) is 13.1 Å². The molecule has 2 aromatic rings. The van der Waals surface area contributed by atoms with Crippen molar-refractivity contribution in [3.63, 3.8) is 0 Å². The number of hydrogen-bond acceptors (Lipinski definition) is 5. The minimum Gasteiger partial charge on any atom is -0.340 e. The zero-order valence-electron chi connectivity index (χ0n) is 14.1. The quantitative estimate of drug-likeness (QED) is 0.572. The van der Waals surface area contributed by atoms with Gasteiger partial charge in [-0.15, -0.1) is 0 Å². The number of benzene rings is 1. The van der Waals surface area contributed by atoms with E-state index in [4.69, 9.17) is 0 Å². The zero-order chi connectivity index (χ0) is 18.7. The second-order valence-electron chi connectivity index (χ2n) is 5.93. The molecule has 8 heteroatoms. The van der Waals surface area contributed by atoms with Crippen LogP contribution in [0.3, 0.4) is 0 Å². The first-order valence-electron chi connectivity index (χ1n) is 7.93. The minimum absolute atomic E-state index is 0.000317. The average Bonchev–Trinajstić information content (AvgIpc) is 3.21. The van der Waals surface area contributed by atoms with Crippen molar-refractivity contribution in [3.8, 4) is 0 Å². The van der Waals surface area contributed by atoms with Crippen LogP contribution >= 0.6 is 11.3 Å². The molecular formula is C18H17N3O4S. The molecule has 0 N–H and O–H groups in total. The van der Waals surface area contributed by atoms with Gasteiger partial charge in [-0.05, 0) is 28.0 Å². The van der Waals surface area contributed by atoms with Gasteiger partial charge in [0.25, 0.3) is 0 Å². The standard InChI is InChI=1S/C18H17N3O4S/c1-19(9-14-7-8-26-12-14)15(22)11-21-17(24)16(23)20(18(21)25)10-13-5-3-2-4-6-13/h2-8,12H,9-11H2,1H3. The maximum absolute atomic E-state index is 12.4. The highest BCUT2D eigenvalue weighted by molar-refractivity contribution is 7.07. The van der Waals surface area contributed by atoms with Crippen molar-refractivity contribution in [1.82, 2.24) is 14.7 Å². The molecule has 3 rings (SSSR count). The molecule has 0 spiro atoms. The summed E-state index contributed by atoms with van der Waals surface area (Å²) in [6.07, 6.45) is 0. The lowest BCUT2D eigenvalue weighted by Crippen LogP contribution is -2.41. The van der Waals surface area contributed by atoms with E-state index in [2.05, 4.69) is 0 Å². The van der Waals surface area contributed by atoms with Gasteiger partial charge in [-0.2, -0.15) is 11.3 Å². The van der Waals surface area contributed by atoms with Gasteiger partial charge in [0.1, 0.15) is 6.54 Å². The molecule has 134 valence electrons. The summed E-state index contributed by atoms with van der Waals surface area (Å²) >= 11 is 1.52. The smallest absolute Gasteiger partial charge is 0.335 e. The van der Waals surface area contributed by atoms with Gasteiger partial charge in [-0.25, -0.2) is 9.69 Å². The molecule has 0 aliphatic carbocycles. The largest absolute Gasteiger partial charge is 0.340 e. The first-order valence-corrected chi connectivity index (χ1v) is 8.88. The van der Waals surface area contributed by atoms with Crippen LogP contribution < -0.4 is 0 Å². The van der Waals surface area contributed by atoms with Gasteiger partial charge in [-0.1, -0.05) is 30.3 Å². The van der Waals surface area contributed by atoms with Crippen molar-refractivity contribution >= 4 is 35.1 Å². The Balaban J connectivity index is 1.66. The maximum Gasteiger partial charge on any atom is 0.335 e. The van der Waals surface area contributed by atoms with Crippen molar-refractivity contribution in [2.75, 3.05) is 13.6 Å². The fourth-order valence-corrected chi connectivity index (χ4v) is 3.26. The molecule has 5 amide bonds. The highest BCUT2D eigenvalue weighted by Crippen LogP contribution is 2.16. The Morgan fingerprint density at radius 2 is 1.69 bits per heavy atom. The van der Waals surface area contributed by atoms with Gasteiger partial charge < -0.3 is 4.90 Å². The van der Waals surface area contributed by atoms with E-state index in [0.29, 0.717) is 11.4 Å². The number of rotatable bonds is 6. The molecule has 1 aromatic heterocycles. The van der Waals surface area contributed by atoms with Gasteiger partial charge >= 0.3 is 17.8 Å². The monoisotopic (exact) mass is 371 g/mol. The number of imide groups is 2. The van der Waals surface area contributed by atoms with E-state index < -0.39 is 30.3 Å². The van der Waals surface area contributed by atoms with E-state index in [1.54, 1.807) is 31.3 Å². The predicted molar refractivity (Wildman–Crippen MR) is 94.9 cm³/mol. The number of carbonyl (C=O) groups excluding carboxylic acids is 4. The fourth-order valence-electron chi connectivity index (χ4n) is 2.60. The van der Waals surface area contributed by atoms with E-state index in [1.165, 1.54) is 16.2 Å². The van der Waals surface area contributed by atoms with E-state index in [-0.39, 0.29) is 6.54 Å².